The smallest absolute Gasteiger partial charge is 0.0403 e. The molecular formula is C18H21N. The molecule has 0 saturated carbocycles. The predicted octanol–water partition coefficient (Wildman–Crippen LogP) is 4.40. The molecule has 1 aliphatic rings. The number of nitrogens with one attached hydrogen (secondary N) is 1. The van der Waals surface area contributed by atoms with Crippen LogP contribution in [0.25, 0.3) is 0 Å². The summed E-state index contributed by atoms with van der Waals surface area (Å²) in [5.74, 6) is 0. The van der Waals surface area contributed by atoms with Crippen molar-refractivity contribution < 1.29 is 0 Å². The average Bonchev–Trinajstić information content (AvgIpc) is 2.88. The fourth-order valence-corrected chi connectivity index (χ4v) is 2.88. The Balaban J connectivity index is 1.74. The molecule has 0 radical (unpaired) electrons. The largest absolute Gasteiger partial charge is 0.381 e. The van der Waals surface area contributed by atoms with Crippen LogP contribution in [-0.2, 0) is 19.4 Å². The summed E-state index contributed by atoms with van der Waals surface area (Å²) in [6.45, 7) is 5.29. The van der Waals surface area contributed by atoms with Crippen molar-refractivity contribution in [3.63, 3.8) is 0 Å². The van der Waals surface area contributed by atoms with Gasteiger partial charge >= 0.3 is 0 Å². The molecule has 0 amide bonds. The molecule has 0 aliphatic heterocycles. The van der Waals surface area contributed by atoms with E-state index in [1.807, 2.05) is 0 Å². The van der Waals surface area contributed by atoms with E-state index in [9.17, 15) is 0 Å². The highest BCUT2D eigenvalue weighted by molar-refractivity contribution is 5.51. The Morgan fingerprint density at radius 3 is 2.74 bits per heavy atom. The lowest BCUT2D eigenvalue weighted by Crippen LogP contribution is -2.02. The second kappa shape index (κ2) is 5.08. The van der Waals surface area contributed by atoms with E-state index in [0.717, 1.165) is 6.54 Å². The average molecular weight is 251 g/mol. The number of aryl methyl sites for hydroxylation is 3. The third-order valence-corrected chi connectivity index (χ3v) is 4.30. The molecule has 2 aromatic rings. The Labute approximate surface area is 115 Å². The van der Waals surface area contributed by atoms with Gasteiger partial charge in [0.15, 0.2) is 0 Å². The minimum atomic E-state index is 0.909. The summed E-state index contributed by atoms with van der Waals surface area (Å²) >= 11 is 0. The maximum Gasteiger partial charge on any atom is 0.0403 e. The van der Waals surface area contributed by atoms with Crippen LogP contribution in [0.2, 0.25) is 0 Å². The van der Waals surface area contributed by atoms with E-state index < -0.39 is 0 Å². The third-order valence-electron chi connectivity index (χ3n) is 4.30. The molecule has 1 N–H and O–H groups in total. The Kier molecular flexibility index (Phi) is 3.29. The molecule has 3 rings (SSSR count). The molecule has 98 valence electrons. The van der Waals surface area contributed by atoms with Gasteiger partial charge in [0, 0.05) is 12.2 Å². The minimum absolute atomic E-state index is 0.909. The Morgan fingerprint density at radius 2 is 1.84 bits per heavy atom. The van der Waals surface area contributed by atoms with Gasteiger partial charge in [-0.1, -0.05) is 24.3 Å². The van der Waals surface area contributed by atoms with E-state index in [1.54, 1.807) is 0 Å². The van der Waals surface area contributed by atoms with Gasteiger partial charge in [0.1, 0.15) is 0 Å². The van der Waals surface area contributed by atoms with E-state index in [2.05, 4.69) is 55.6 Å². The molecule has 1 nitrogen and oxygen atoms in total. The zero-order valence-electron chi connectivity index (χ0n) is 11.8. The zero-order chi connectivity index (χ0) is 13.2. The van der Waals surface area contributed by atoms with Crippen molar-refractivity contribution in [2.75, 3.05) is 5.32 Å². The van der Waals surface area contributed by atoms with Crippen LogP contribution < -0.4 is 5.32 Å². The third kappa shape index (κ3) is 2.51. The number of fused-ring (bicyclic) bond motifs is 1. The van der Waals surface area contributed by atoms with Gasteiger partial charge in [0.2, 0.25) is 0 Å². The summed E-state index contributed by atoms with van der Waals surface area (Å²) in [5, 5.41) is 3.56. The SMILES string of the molecule is Cc1cccc(CNc2ccc3c(c2)CCC3)c1C. The lowest BCUT2D eigenvalue weighted by atomic mass is 10.0. The van der Waals surface area contributed by atoms with Gasteiger partial charge in [0.25, 0.3) is 0 Å². The summed E-state index contributed by atoms with van der Waals surface area (Å²) < 4.78 is 0. The van der Waals surface area contributed by atoms with Gasteiger partial charge in [-0.15, -0.1) is 0 Å². The van der Waals surface area contributed by atoms with E-state index in [-0.39, 0.29) is 0 Å². The first-order valence-corrected chi connectivity index (χ1v) is 7.15. The van der Waals surface area contributed by atoms with Gasteiger partial charge in [-0.3, -0.25) is 0 Å². The number of hydrogen-bond acceptors (Lipinski definition) is 1. The summed E-state index contributed by atoms with van der Waals surface area (Å²) in [6, 6.07) is 13.4. The molecule has 0 fully saturated rings. The van der Waals surface area contributed by atoms with Crippen LogP contribution in [0.15, 0.2) is 36.4 Å². The van der Waals surface area contributed by atoms with Crippen LogP contribution in [0.4, 0.5) is 5.69 Å². The summed E-state index contributed by atoms with van der Waals surface area (Å²) in [6.07, 6.45) is 3.82. The van der Waals surface area contributed by atoms with E-state index >= 15 is 0 Å². The predicted molar refractivity (Wildman–Crippen MR) is 81.7 cm³/mol. The van der Waals surface area contributed by atoms with Crippen molar-refractivity contribution in [1.29, 1.82) is 0 Å². The fraction of sp³-hybridized carbons (Fsp3) is 0.333. The normalized spacial score (nSPS) is 13.4. The number of anilines is 1. The molecule has 0 saturated heterocycles. The Morgan fingerprint density at radius 1 is 1.00 bits per heavy atom. The monoisotopic (exact) mass is 251 g/mol. The van der Waals surface area contributed by atoms with Crippen LogP contribution in [0.3, 0.4) is 0 Å². The van der Waals surface area contributed by atoms with Crippen molar-refractivity contribution in [3.8, 4) is 0 Å². The molecule has 2 aromatic carbocycles. The maximum absolute atomic E-state index is 3.56. The van der Waals surface area contributed by atoms with Gasteiger partial charge in [-0.05, 0) is 73.1 Å². The first-order valence-electron chi connectivity index (χ1n) is 7.15. The van der Waals surface area contributed by atoms with Crippen LogP contribution >= 0.6 is 0 Å². The molecule has 1 heteroatoms. The number of rotatable bonds is 3. The molecule has 19 heavy (non-hydrogen) atoms. The van der Waals surface area contributed by atoms with Gasteiger partial charge in [-0.25, -0.2) is 0 Å². The zero-order valence-corrected chi connectivity index (χ0v) is 11.8. The van der Waals surface area contributed by atoms with Crippen molar-refractivity contribution in [3.05, 3.63) is 64.2 Å². The second-order valence-corrected chi connectivity index (χ2v) is 5.55. The summed E-state index contributed by atoms with van der Waals surface area (Å²) in [4.78, 5) is 0. The Hall–Kier alpha value is -1.76. The molecule has 0 atom stereocenters. The Bertz CT molecular complexity index is 599. The molecule has 1 aliphatic carbocycles. The maximum atomic E-state index is 3.56. The number of hydrogen-bond donors (Lipinski definition) is 1. The first kappa shape index (κ1) is 12.3. The second-order valence-electron chi connectivity index (χ2n) is 5.55. The highest BCUT2D eigenvalue weighted by Crippen LogP contribution is 2.25. The molecule has 0 unspecified atom stereocenters. The van der Waals surface area contributed by atoms with Gasteiger partial charge < -0.3 is 5.32 Å². The van der Waals surface area contributed by atoms with Crippen molar-refractivity contribution in [2.24, 2.45) is 0 Å². The van der Waals surface area contributed by atoms with E-state index in [0.29, 0.717) is 0 Å². The molecule has 0 aromatic heterocycles. The lowest BCUT2D eigenvalue weighted by Gasteiger charge is -2.12. The fourth-order valence-electron chi connectivity index (χ4n) is 2.88. The van der Waals surface area contributed by atoms with E-state index in [4.69, 9.17) is 0 Å². The molecule has 0 spiro atoms. The van der Waals surface area contributed by atoms with Crippen molar-refractivity contribution >= 4 is 5.69 Å². The van der Waals surface area contributed by atoms with Crippen LogP contribution in [0.1, 0.15) is 34.2 Å². The molecule has 0 heterocycles. The summed E-state index contributed by atoms with van der Waals surface area (Å²) in [7, 11) is 0. The van der Waals surface area contributed by atoms with Gasteiger partial charge in [-0.2, -0.15) is 0 Å². The van der Waals surface area contributed by atoms with Gasteiger partial charge in [0.05, 0.1) is 0 Å². The lowest BCUT2D eigenvalue weighted by molar-refractivity contribution is 0.912. The van der Waals surface area contributed by atoms with Crippen LogP contribution in [-0.4, -0.2) is 0 Å². The topological polar surface area (TPSA) is 12.0 Å². The van der Waals surface area contributed by atoms with Crippen molar-refractivity contribution in [2.45, 2.75) is 39.7 Å². The molecular weight excluding hydrogens is 230 g/mol. The standard InChI is InChI=1S/C18H21N/c1-13-5-3-8-17(14(13)2)12-19-18-10-9-15-6-4-7-16(15)11-18/h3,5,8-11,19H,4,6-7,12H2,1-2H3. The highest BCUT2D eigenvalue weighted by Gasteiger charge is 2.10. The van der Waals surface area contributed by atoms with Crippen LogP contribution in [0.5, 0.6) is 0 Å². The minimum Gasteiger partial charge on any atom is -0.381 e. The van der Waals surface area contributed by atoms with Crippen LogP contribution in [0, 0.1) is 13.8 Å². The summed E-state index contributed by atoms with van der Waals surface area (Å²) in [5.41, 5.74) is 8.48. The highest BCUT2D eigenvalue weighted by atomic mass is 14.9. The first-order chi connectivity index (χ1) is 9.24. The molecule has 0 bridgehead atoms. The quantitative estimate of drug-likeness (QED) is 0.852. The van der Waals surface area contributed by atoms with Crippen molar-refractivity contribution in [1.82, 2.24) is 0 Å². The number of benzene rings is 2. The van der Waals surface area contributed by atoms with E-state index in [1.165, 1.54) is 52.8 Å².